The van der Waals surface area contributed by atoms with Gasteiger partial charge in [-0.05, 0) is 12.8 Å². The summed E-state index contributed by atoms with van der Waals surface area (Å²) in [5, 5.41) is 11.3. The first-order chi connectivity index (χ1) is 10.5. The van der Waals surface area contributed by atoms with Crippen LogP contribution in [-0.4, -0.2) is 83.6 Å². The molecule has 7 nitrogen and oxygen atoms in total. The third-order valence-electron chi connectivity index (χ3n) is 4.12. The number of nitrogens with zero attached hydrogens (tertiary/aromatic N) is 3. The first kappa shape index (κ1) is 15.9. The van der Waals surface area contributed by atoms with Crippen molar-refractivity contribution < 1.29 is 19.4 Å². The predicted octanol–water partition coefficient (Wildman–Crippen LogP) is 0.728. The third-order valence-corrected chi connectivity index (χ3v) is 5.32. The van der Waals surface area contributed by atoms with Crippen LogP contribution in [0.15, 0.2) is 4.99 Å². The number of fused-ring (bicyclic) bond motifs is 1. The Morgan fingerprint density at radius 1 is 1.50 bits per heavy atom. The second-order valence-corrected chi connectivity index (χ2v) is 7.18. The Morgan fingerprint density at radius 2 is 2.23 bits per heavy atom. The largest absolute Gasteiger partial charge is 0.447 e. The summed E-state index contributed by atoms with van der Waals surface area (Å²) in [6.07, 6.45) is 1.62. The zero-order chi connectivity index (χ0) is 15.7. The second-order valence-electron chi connectivity index (χ2n) is 6.12. The fourth-order valence-corrected chi connectivity index (χ4v) is 4.20. The fraction of sp³-hybridized carbons (Fsp3) is 0.857. The molecule has 22 heavy (non-hydrogen) atoms. The summed E-state index contributed by atoms with van der Waals surface area (Å²) in [5.41, 5.74) is -0.178. The number of hydrogen-bond acceptors (Lipinski definition) is 7. The first-order valence-electron chi connectivity index (χ1n) is 7.71. The van der Waals surface area contributed by atoms with Crippen LogP contribution in [0.1, 0.15) is 19.3 Å². The fourth-order valence-electron chi connectivity index (χ4n) is 2.89. The lowest BCUT2D eigenvalue weighted by atomic mass is 10.0. The quantitative estimate of drug-likeness (QED) is 0.805. The van der Waals surface area contributed by atoms with E-state index in [-0.39, 0.29) is 24.2 Å². The molecule has 8 heteroatoms. The van der Waals surface area contributed by atoms with Gasteiger partial charge in [-0.2, -0.15) is 0 Å². The van der Waals surface area contributed by atoms with E-state index >= 15 is 0 Å². The zero-order valence-electron chi connectivity index (χ0n) is 13.0. The topological polar surface area (TPSA) is 74.6 Å². The highest BCUT2D eigenvalue weighted by Gasteiger charge is 2.44. The number of thioether (sulfide) groups is 1. The Hall–Kier alpha value is -0.990. The molecular formula is C14H23N3O4S. The van der Waals surface area contributed by atoms with Gasteiger partial charge in [0.05, 0.1) is 12.2 Å². The lowest BCUT2D eigenvalue weighted by Crippen LogP contribution is -2.46. The van der Waals surface area contributed by atoms with Crippen molar-refractivity contribution in [3.63, 3.8) is 0 Å². The van der Waals surface area contributed by atoms with Crippen molar-refractivity contribution in [2.24, 2.45) is 4.99 Å². The average Bonchev–Trinajstić information content (AvgIpc) is 3.13. The van der Waals surface area contributed by atoms with Crippen LogP contribution in [0.3, 0.4) is 0 Å². The van der Waals surface area contributed by atoms with Gasteiger partial charge < -0.3 is 24.4 Å². The number of aliphatic hydroxyl groups is 1. The summed E-state index contributed by atoms with van der Waals surface area (Å²) in [6, 6.07) is -0.207. The second kappa shape index (κ2) is 6.64. The van der Waals surface area contributed by atoms with Crippen molar-refractivity contribution >= 4 is 23.0 Å². The van der Waals surface area contributed by atoms with Crippen molar-refractivity contribution in [3.8, 4) is 0 Å². The minimum Gasteiger partial charge on any atom is -0.447 e. The van der Waals surface area contributed by atoms with Gasteiger partial charge in [0.2, 0.25) is 0 Å². The molecule has 0 bridgehead atoms. The summed E-state index contributed by atoms with van der Waals surface area (Å²) in [5.74, 6) is 0. The summed E-state index contributed by atoms with van der Waals surface area (Å²) in [7, 11) is 3.27. The number of amidine groups is 1. The molecule has 0 aliphatic carbocycles. The number of ether oxygens (including phenoxy) is 2. The lowest BCUT2D eigenvalue weighted by molar-refractivity contribution is -0.0903. The number of rotatable bonds is 2. The average molecular weight is 329 g/mol. The molecule has 4 atom stereocenters. The molecule has 1 N–H and O–H groups in total. The summed E-state index contributed by atoms with van der Waals surface area (Å²) < 4.78 is 11.1. The minimum atomic E-state index is -0.547. The van der Waals surface area contributed by atoms with Crippen LogP contribution >= 0.6 is 11.8 Å². The minimum absolute atomic E-state index is 0.164. The number of aliphatic hydroxyl groups excluding tert-OH is 1. The molecule has 3 aliphatic rings. The number of amides is 1. The molecule has 0 saturated carbocycles. The summed E-state index contributed by atoms with van der Waals surface area (Å²) >= 11 is 1.58. The lowest BCUT2D eigenvalue weighted by Gasteiger charge is -2.33. The van der Waals surface area contributed by atoms with Gasteiger partial charge in [0, 0.05) is 33.6 Å². The van der Waals surface area contributed by atoms with Gasteiger partial charge in [0.1, 0.15) is 18.1 Å². The van der Waals surface area contributed by atoms with E-state index in [1.165, 1.54) is 17.7 Å². The van der Waals surface area contributed by atoms with Crippen LogP contribution in [0.5, 0.6) is 0 Å². The highest BCUT2D eigenvalue weighted by atomic mass is 32.2. The van der Waals surface area contributed by atoms with E-state index in [2.05, 4.69) is 9.89 Å². The Morgan fingerprint density at radius 3 is 2.91 bits per heavy atom. The normalized spacial score (nSPS) is 34.3. The van der Waals surface area contributed by atoms with E-state index in [0.29, 0.717) is 6.42 Å². The smallest absolute Gasteiger partial charge is 0.409 e. The van der Waals surface area contributed by atoms with Crippen molar-refractivity contribution in [2.45, 2.75) is 42.9 Å². The van der Waals surface area contributed by atoms with E-state index in [4.69, 9.17) is 9.47 Å². The summed E-state index contributed by atoms with van der Waals surface area (Å²) in [4.78, 5) is 19.8. The zero-order valence-corrected chi connectivity index (χ0v) is 13.8. The van der Waals surface area contributed by atoms with Gasteiger partial charge in [0.15, 0.2) is 5.17 Å². The van der Waals surface area contributed by atoms with Crippen molar-refractivity contribution in [2.75, 3.05) is 33.8 Å². The Labute approximate surface area is 134 Å². The van der Waals surface area contributed by atoms with E-state index in [1.807, 2.05) is 0 Å². The number of hydrogen-bond donors (Lipinski definition) is 1. The van der Waals surface area contributed by atoms with Crippen LogP contribution in [0, 0.1) is 0 Å². The molecule has 0 radical (unpaired) electrons. The van der Waals surface area contributed by atoms with Gasteiger partial charge in [-0.25, -0.2) is 4.79 Å². The van der Waals surface area contributed by atoms with Crippen molar-refractivity contribution in [3.05, 3.63) is 0 Å². The SMILES string of the molecule is CN(C)C(=O)OC[C@@H]1C[C@H](O)[C@H]2N=C(N3CCCC3)S[C@H]2O1. The van der Waals surface area contributed by atoms with Gasteiger partial charge in [0.25, 0.3) is 0 Å². The van der Waals surface area contributed by atoms with Gasteiger partial charge in [-0.3, -0.25) is 4.99 Å². The number of likely N-dealkylation sites (tertiary alicyclic amines) is 1. The molecule has 3 rings (SSSR count). The molecule has 1 amide bonds. The molecule has 124 valence electrons. The Balaban J connectivity index is 1.55. The van der Waals surface area contributed by atoms with Crippen molar-refractivity contribution in [1.82, 2.24) is 9.80 Å². The van der Waals surface area contributed by atoms with Crippen molar-refractivity contribution in [1.29, 1.82) is 0 Å². The maximum Gasteiger partial charge on any atom is 0.409 e. The molecular weight excluding hydrogens is 306 g/mol. The van der Waals surface area contributed by atoms with Crippen LogP contribution in [0.4, 0.5) is 4.79 Å². The number of aliphatic imine (C=N–C) groups is 1. The number of carbonyl (C=O) groups excluding carboxylic acids is 1. The predicted molar refractivity (Wildman–Crippen MR) is 83.9 cm³/mol. The molecule has 2 fully saturated rings. The van der Waals surface area contributed by atoms with E-state index in [9.17, 15) is 9.90 Å². The number of carbonyl (C=O) groups is 1. The molecule has 3 heterocycles. The molecule has 0 aromatic rings. The first-order valence-corrected chi connectivity index (χ1v) is 8.59. The van der Waals surface area contributed by atoms with E-state index in [1.54, 1.807) is 25.9 Å². The highest BCUT2D eigenvalue weighted by molar-refractivity contribution is 8.14. The molecule has 0 aromatic heterocycles. The van der Waals surface area contributed by atoms with Gasteiger partial charge >= 0.3 is 6.09 Å². The molecule has 0 spiro atoms. The molecule has 3 aliphatic heterocycles. The van der Waals surface area contributed by atoms with Gasteiger partial charge in [-0.1, -0.05) is 11.8 Å². The van der Waals surface area contributed by atoms with Crippen LogP contribution in [0.25, 0.3) is 0 Å². The molecule has 0 unspecified atom stereocenters. The molecule has 2 saturated heterocycles. The maximum absolute atomic E-state index is 11.5. The Bertz CT molecular complexity index is 453. The van der Waals surface area contributed by atoms with Crippen LogP contribution in [-0.2, 0) is 9.47 Å². The molecule has 0 aromatic carbocycles. The Kier molecular flexibility index (Phi) is 4.79. The third kappa shape index (κ3) is 3.33. The van der Waals surface area contributed by atoms with E-state index in [0.717, 1.165) is 18.3 Å². The maximum atomic E-state index is 11.5. The standard InChI is InChI=1S/C14H23N3O4S/c1-16(2)14(19)20-8-9-7-10(18)11-12(21-9)22-13(15-11)17-5-3-4-6-17/h9-12,18H,3-8H2,1-2H3/t9-,10-,11+,12+/m0/s1. The summed E-state index contributed by atoms with van der Waals surface area (Å²) in [6.45, 7) is 2.23. The van der Waals surface area contributed by atoms with Crippen LogP contribution < -0.4 is 0 Å². The monoisotopic (exact) mass is 329 g/mol. The van der Waals surface area contributed by atoms with Gasteiger partial charge in [-0.15, -0.1) is 0 Å². The highest BCUT2D eigenvalue weighted by Crippen LogP contribution is 2.38. The van der Waals surface area contributed by atoms with E-state index < -0.39 is 12.2 Å². The van der Waals surface area contributed by atoms with Crippen LogP contribution in [0.2, 0.25) is 0 Å².